The molecule has 0 saturated carbocycles. The highest BCUT2D eigenvalue weighted by Gasteiger charge is 2.50. The van der Waals surface area contributed by atoms with E-state index in [0.29, 0.717) is 17.0 Å². The monoisotopic (exact) mass is 503 g/mol. The molecule has 1 fully saturated rings. The molecular formula is C22H28F3N3O7. The number of hydrogen-bond donors (Lipinski definition) is 4. The zero-order valence-electron chi connectivity index (χ0n) is 19.7. The van der Waals surface area contributed by atoms with Crippen molar-refractivity contribution in [3.05, 3.63) is 35.1 Å². The van der Waals surface area contributed by atoms with Gasteiger partial charge in [-0.1, -0.05) is 0 Å². The first-order valence-electron chi connectivity index (χ1n) is 10.7. The lowest BCUT2D eigenvalue weighted by atomic mass is 9.97. The van der Waals surface area contributed by atoms with Crippen molar-refractivity contribution in [1.82, 2.24) is 15.5 Å². The van der Waals surface area contributed by atoms with Gasteiger partial charge in [-0.25, -0.2) is 27.6 Å². The summed E-state index contributed by atoms with van der Waals surface area (Å²) < 4.78 is 46.2. The number of rotatable bonds is 7. The Balaban J connectivity index is 2.17. The zero-order valence-corrected chi connectivity index (χ0v) is 19.7. The van der Waals surface area contributed by atoms with E-state index in [9.17, 15) is 42.6 Å². The first kappa shape index (κ1) is 27.7. The molecule has 1 aromatic carbocycles. The SMILES string of the molecule is CC(C)(C)OC(=O)N[C@@H](CC(=O)NC1CN(C(=O)O)C(C)(C(=O)O)C1)Cc1cc(F)c(F)cc1F. The Hall–Kier alpha value is -3.51. The maximum atomic E-state index is 14.2. The van der Waals surface area contributed by atoms with Crippen LogP contribution in [0.1, 0.15) is 46.1 Å². The molecule has 0 bridgehead atoms. The van der Waals surface area contributed by atoms with E-state index in [4.69, 9.17) is 4.74 Å². The van der Waals surface area contributed by atoms with Gasteiger partial charge in [0.25, 0.3) is 0 Å². The molecule has 0 spiro atoms. The highest BCUT2D eigenvalue weighted by Crippen LogP contribution is 2.30. The summed E-state index contributed by atoms with van der Waals surface area (Å²) in [6, 6.07) is -0.998. The maximum absolute atomic E-state index is 14.2. The van der Waals surface area contributed by atoms with Gasteiger partial charge in [-0.3, -0.25) is 9.69 Å². The number of nitrogens with zero attached hydrogens (tertiary/aromatic N) is 1. The molecule has 2 rings (SSSR count). The highest BCUT2D eigenvalue weighted by molar-refractivity contribution is 5.85. The second-order valence-corrected chi connectivity index (χ2v) is 9.55. The summed E-state index contributed by atoms with van der Waals surface area (Å²) in [6.07, 6.45) is -3.47. The summed E-state index contributed by atoms with van der Waals surface area (Å²) in [5.74, 6) is -5.87. The maximum Gasteiger partial charge on any atom is 0.408 e. The summed E-state index contributed by atoms with van der Waals surface area (Å²) >= 11 is 0. The number of ether oxygens (including phenoxy) is 1. The van der Waals surface area contributed by atoms with Gasteiger partial charge in [0.2, 0.25) is 5.91 Å². The molecule has 1 heterocycles. The summed E-state index contributed by atoms with van der Waals surface area (Å²) in [7, 11) is 0. The van der Waals surface area contributed by atoms with Crippen LogP contribution in [0.3, 0.4) is 0 Å². The Bertz CT molecular complexity index is 1010. The number of likely N-dealkylation sites (tertiary alicyclic amines) is 1. The van der Waals surface area contributed by atoms with Crippen molar-refractivity contribution in [3.63, 3.8) is 0 Å². The second-order valence-electron chi connectivity index (χ2n) is 9.55. The average molecular weight is 503 g/mol. The van der Waals surface area contributed by atoms with Crippen LogP contribution in [0.4, 0.5) is 22.8 Å². The lowest BCUT2D eigenvalue weighted by Crippen LogP contribution is -2.50. The van der Waals surface area contributed by atoms with Gasteiger partial charge in [-0.15, -0.1) is 0 Å². The van der Waals surface area contributed by atoms with E-state index in [1.807, 2.05) is 0 Å². The van der Waals surface area contributed by atoms with E-state index < -0.39 is 77.6 Å². The molecule has 1 saturated heterocycles. The molecule has 0 aromatic heterocycles. The third-order valence-corrected chi connectivity index (χ3v) is 5.41. The van der Waals surface area contributed by atoms with Crippen LogP contribution in [0, 0.1) is 17.5 Å². The number of carbonyl (C=O) groups excluding carboxylic acids is 2. The van der Waals surface area contributed by atoms with Crippen molar-refractivity contribution in [2.24, 2.45) is 0 Å². The third-order valence-electron chi connectivity index (χ3n) is 5.41. The average Bonchev–Trinajstić information content (AvgIpc) is 3.02. The van der Waals surface area contributed by atoms with E-state index >= 15 is 0 Å². The van der Waals surface area contributed by atoms with Crippen molar-refractivity contribution in [1.29, 1.82) is 0 Å². The van der Waals surface area contributed by atoms with Gasteiger partial charge in [0, 0.05) is 37.5 Å². The first-order valence-corrected chi connectivity index (χ1v) is 10.7. The van der Waals surface area contributed by atoms with Crippen LogP contribution < -0.4 is 10.6 Å². The van der Waals surface area contributed by atoms with E-state index in [1.165, 1.54) is 6.92 Å². The predicted molar refractivity (Wildman–Crippen MR) is 115 cm³/mol. The summed E-state index contributed by atoms with van der Waals surface area (Å²) in [6.45, 7) is 5.71. The molecule has 1 aromatic rings. The van der Waals surface area contributed by atoms with Crippen LogP contribution in [0.2, 0.25) is 0 Å². The lowest BCUT2D eigenvalue weighted by molar-refractivity contribution is -0.147. The third kappa shape index (κ3) is 7.23. The van der Waals surface area contributed by atoms with Gasteiger partial charge in [0.05, 0.1) is 0 Å². The number of nitrogens with one attached hydrogen (secondary N) is 2. The molecule has 10 nitrogen and oxygen atoms in total. The standard InChI is InChI=1S/C22H28F3N3O7/c1-21(2,3)35-19(32)27-12(5-11-6-15(24)16(25)8-14(11)23)7-17(29)26-13-9-22(4,18(30)31)28(10-13)20(33)34/h6,8,12-13H,5,7,9-10H2,1-4H3,(H,26,29)(H,27,32)(H,30,31)(H,33,34)/t12-,13?,22?/m1/s1. The Morgan fingerprint density at radius 2 is 1.74 bits per heavy atom. The molecule has 0 radical (unpaired) electrons. The minimum absolute atomic E-state index is 0.206. The van der Waals surface area contributed by atoms with Crippen LogP contribution >= 0.6 is 0 Å². The topological polar surface area (TPSA) is 145 Å². The van der Waals surface area contributed by atoms with E-state index in [-0.39, 0.29) is 18.5 Å². The summed E-state index contributed by atoms with van der Waals surface area (Å²) in [5.41, 5.74) is -2.95. The Labute approximate surface area is 199 Å². The Morgan fingerprint density at radius 3 is 2.26 bits per heavy atom. The Morgan fingerprint density at radius 1 is 1.14 bits per heavy atom. The van der Waals surface area contributed by atoms with Gasteiger partial charge in [-0.2, -0.15) is 0 Å². The molecule has 1 aliphatic heterocycles. The fourth-order valence-electron chi connectivity index (χ4n) is 3.81. The van der Waals surface area contributed by atoms with E-state index in [0.717, 1.165) is 0 Å². The largest absolute Gasteiger partial charge is 0.480 e. The summed E-state index contributed by atoms with van der Waals surface area (Å²) in [4.78, 5) is 48.7. The number of aliphatic carboxylic acids is 1. The highest BCUT2D eigenvalue weighted by atomic mass is 19.2. The molecule has 4 N–H and O–H groups in total. The molecule has 3 atom stereocenters. The summed E-state index contributed by atoms with van der Waals surface area (Å²) in [5, 5.41) is 23.7. The molecule has 194 valence electrons. The normalized spacial score (nSPS) is 20.8. The molecular weight excluding hydrogens is 475 g/mol. The number of carbonyl (C=O) groups is 4. The molecule has 1 aliphatic rings. The van der Waals surface area contributed by atoms with Crippen LogP contribution in [-0.4, -0.2) is 68.9 Å². The fraction of sp³-hybridized carbons (Fsp3) is 0.545. The van der Waals surface area contributed by atoms with Gasteiger partial charge in [0.1, 0.15) is 17.0 Å². The molecule has 0 aliphatic carbocycles. The van der Waals surface area contributed by atoms with Crippen LogP contribution in [0.15, 0.2) is 12.1 Å². The number of benzene rings is 1. The molecule has 2 unspecified atom stereocenters. The van der Waals surface area contributed by atoms with Crippen LogP contribution in [0.5, 0.6) is 0 Å². The second kappa shape index (κ2) is 10.4. The van der Waals surface area contributed by atoms with Gasteiger partial charge in [0.15, 0.2) is 11.6 Å². The van der Waals surface area contributed by atoms with E-state index in [2.05, 4.69) is 10.6 Å². The van der Waals surface area contributed by atoms with Gasteiger partial charge in [-0.05, 0) is 45.7 Å². The minimum Gasteiger partial charge on any atom is -0.480 e. The number of carboxylic acids is 1. The minimum atomic E-state index is -1.76. The lowest BCUT2D eigenvalue weighted by Gasteiger charge is -2.27. The number of alkyl carbamates (subject to hydrolysis) is 1. The van der Waals surface area contributed by atoms with Crippen LogP contribution in [0.25, 0.3) is 0 Å². The fourth-order valence-corrected chi connectivity index (χ4v) is 3.81. The number of amides is 3. The van der Waals surface area contributed by atoms with E-state index in [1.54, 1.807) is 20.8 Å². The van der Waals surface area contributed by atoms with Crippen molar-refractivity contribution >= 4 is 24.1 Å². The first-order chi connectivity index (χ1) is 16.0. The Kier molecular flexibility index (Phi) is 8.24. The molecule has 35 heavy (non-hydrogen) atoms. The van der Waals surface area contributed by atoms with Gasteiger partial charge < -0.3 is 25.6 Å². The van der Waals surface area contributed by atoms with Crippen molar-refractivity contribution in [3.8, 4) is 0 Å². The van der Waals surface area contributed by atoms with Crippen molar-refractivity contribution in [2.75, 3.05) is 6.54 Å². The number of halogens is 3. The zero-order chi connectivity index (χ0) is 26.7. The quantitative estimate of drug-likeness (QED) is 0.419. The van der Waals surface area contributed by atoms with Crippen molar-refractivity contribution in [2.45, 2.75) is 70.2 Å². The van der Waals surface area contributed by atoms with Gasteiger partial charge >= 0.3 is 18.2 Å². The number of carboxylic acid groups (broad SMARTS) is 2. The molecule has 3 amide bonds. The number of hydrogen-bond acceptors (Lipinski definition) is 5. The van der Waals surface area contributed by atoms with Crippen LogP contribution in [-0.2, 0) is 20.7 Å². The van der Waals surface area contributed by atoms with Crippen molar-refractivity contribution < 1.29 is 47.3 Å². The smallest absolute Gasteiger partial charge is 0.408 e. The molecule has 13 heteroatoms. The predicted octanol–water partition coefficient (Wildman–Crippen LogP) is 2.64.